The SMILES string of the molecule is C[PH+](C)c1ccccc1.C[PH+](C)c1ccccc1.Cc1cc(-c2ccccn2)[n-]n1.Cc1cc[c-]c(-c2ccccn2)c1.Cc1cccc(-c2[c-]cccc2)n1.Cc1cccnc1-c1[c-]cccc1.Cc1ccnc(-c2[c-]cccc2)c1.Cc1ccnc(-c2[c-]cccc2)c1C.Cc1cnc(-c2[c-]cccc2)c(C)c1.FC(F)(F)c1cc(-c2ccccn2)[n-]n1.[Ir].[Ir].[Ir].[Ir].[Ir].[Ir].[Ir].[Os+2].[c-]1ccccc1-c1ccccn1. The summed E-state index contributed by atoms with van der Waals surface area (Å²) in [5.74, 6) is 0. The summed E-state index contributed by atoms with van der Waals surface area (Å²) < 4.78 is 36.6. The summed E-state index contributed by atoms with van der Waals surface area (Å²) in [5.41, 5.74) is 26.1. The van der Waals surface area contributed by atoms with Crippen LogP contribution in [0.15, 0.2) is 414 Å². The van der Waals surface area contributed by atoms with Crippen LogP contribution in [-0.4, -0.2) is 81.7 Å². The smallest absolute Gasteiger partial charge is 0.574 e. The van der Waals surface area contributed by atoms with Gasteiger partial charge in [-0.1, -0.05) is 155 Å². The molecule has 0 atom stereocenters. The summed E-state index contributed by atoms with van der Waals surface area (Å²) >= 11 is 0. The number of aryl methyl sites for hydroxylation is 8. The summed E-state index contributed by atoms with van der Waals surface area (Å²) in [5, 5.41) is 17.4. The normalized spacial score (nSPS) is 9.61. The first-order valence-electron chi connectivity index (χ1n) is 44.4. The number of hydrogen-bond acceptors (Lipinski definition) is 11. The minimum Gasteiger partial charge on any atom is -0.574 e. The predicted octanol–water partition coefficient (Wildman–Crippen LogP) is 27.4. The Kier molecular flexibility index (Phi) is 65.6. The van der Waals surface area contributed by atoms with Gasteiger partial charge in [-0.15, -0.1) is 251 Å². The van der Waals surface area contributed by atoms with Gasteiger partial charge in [0.05, 0.1) is 37.3 Å². The van der Waals surface area contributed by atoms with E-state index in [-0.39, 0.29) is 182 Å². The third-order valence-corrected chi connectivity index (χ3v) is 22.9. The molecule has 0 amide bonds. The van der Waals surface area contributed by atoms with Crippen molar-refractivity contribution in [2.45, 2.75) is 68.5 Å². The predicted molar refractivity (Wildman–Crippen MR) is 561 cm³/mol. The van der Waals surface area contributed by atoms with Crippen LogP contribution in [0.1, 0.15) is 56.0 Å². The van der Waals surface area contributed by atoms with Gasteiger partial charge in [0, 0.05) is 229 Å². The van der Waals surface area contributed by atoms with Gasteiger partial charge in [-0.25, -0.2) is 0 Å². The molecule has 7 radical (unpaired) electrons. The Morgan fingerprint density at radius 2 is 0.628 bits per heavy atom. The van der Waals surface area contributed by atoms with Crippen molar-refractivity contribution in [3.8, 4) is 102 Å². The molecule has 9 aromatic carbocycles. The van der Waals surface area contributed by atoms with Crippen LogP contribution in [0, 0.1) is 105 Å². The van der Waals surface area contributed by atoms with Crippen molar-refractivity contribution in [2.75, 3.05) is 26.7 Å². The molecular weight excluding hydrogens is 3270 g/mol. The van der Waals surface area contributed by atoms with E-state index >= 15 is 0 Å². The zero-order valence-corrected chi connectivity index (χ0v) is 103. The average Bonchev–Trinajstić information content (AvgIpc) is 1.36. The third-order valence-electron chi connectivity index (χ3n) is 20.0. The van der Waals surface area contributed by atoms with Crippen LogP contribution in [0.25, 0.3) is 102 Å². The molecule has 145 heavy (non-hydrogen) atoms. The molecule has 0 saturated carbocycles. The third kappa shape index (κ3) is 47.1. The first-order valence-corrected chi connectivity index (χ1v) is 49.4. The minimum absolute atomic E-state index is 0. The van der Waals surface area contributed by atoms with E-state index in [2.05, 4.69) is 268 Å². The zero-order chi connectivity index (χ0) is 97.2. The molecule has 0 fully saturated rings. The average molecular weight is 3380 g/mol. The van der Waals surface area contributed by atoms with Gasteiger partial charge in [0.25, 0.3) is 0 Å². The van der Waals surface area contributed by atoms with Gasteiger partial charge in [0.15, 0.2) is 0 Å². The number of halogens is 3. The second-order valence-corrected chi connectivity index (χ2v) is 36.5. The standard InChI is InChI=1S/2C13H12N.4C12H10N.C11H8N.C9H5F3N3.C9H8N3.2C8H11P.7Ir.Os/c1-10-8-11(2)13(14-9-10)12-6-4-3-5-7-12;1-10-8-9-14-13(11(10)2)12-6-4-3-5-7-12;1-10-5-4-6-11(9-10)12-7-2-3-8-13-12;1-10-6-5-9-13-12(10)11-7-3-2-4-8-11;1-10-6-5-9-12(13-10)11-7-3-2-4-8-11;1-10-7-8-13-12(9-10)11-5-3-2-4-6-11;1-2-6-10(7-3-1)11-8-4-5-9-12-11;10-9(11,12)8-5-7(14-15-8)6-3-1-2-4-13-6;1-7-6-9(12-11-7)8-4-2-3-5-10-8;2*1-9(2)8-6-4-3-5-7-8;;;;;;;;/h2*3-6,8-9H,1-2H3;2-5,7-9H,1H3;2*2-7,9H,1H3;2-5,7-9H,1H3;1-6,8-9H;1-5H;2-6H,1H3;2*3-7H,1-2H3;;;;;;;;/q9*-1;;;;;;;;;;+2/p+2. The number of benzene rings is 9. The van der Waals surface area contributed by atoms with Crippen LogP contribution in [0.5, 0.6) is 0 Å². The van der Waals surface area contributed by atoms with Crippen LogP contribution in [0.3, 0.4) is 0 Å². The molecule has 757 valence electrons. The van der Waals surface area contributed by atoms with E-state index in [1.54, 1.807) is 36.8 Å². The monoisotopic (exact) mass is 3380 g/mol. The van der Waals surface area contributed by atoms with Crippen molar-refractivity contribution < 1.29 is 174 Å². The summed E-state index contributed by atoms with van der Waals surface area (Å²) in [6.07, 6.45) is 9.73. The Morgan fingerprint density at radius 1 is 0.255 bits per heavy atom. The summed E-state index contributed by atoms with van der Waals surface area (Å²) in [6, 6.07) is 140. The van der Waals surface area contributed by atoms with Crippen molar-refractivity contribution in [2.24, 2.45) is 0 Å². The molecular formula is C119H109F3Ir7N13OsP2-5. The first kappa shape index (κ1) is 131. The maximum atomic E-state index is 12.2. The molecule has 0 aliphatic rings. The molecule has 0 N–H and O–H groups in total. The van der Waals surface area contributed by atoms with Gasteiger partial charge in [-0.3, -0.25) is 9.97 Å². The van der Waals surface area contributed by atoms with Gasteiger partial charge in [-0.2, -0.15) is 13.2 Å². The largest absolute Gasteiger partial charge is 2.00 e. The molecule has 20 aromatic rings. The molecule has 26 heteroatoms. The number of nitrogens with zero attached hydrogens (tertiary/aromatic N) is 13. The van der Waals surface area contributed by atoms with Gasteiger partial charge in [0.1, 0.15) is 5.69 Å². The van der Waals surface area contributed by atoms with Crippen LogP contribution in [0.2, 0.25) is 0 Å². The van der Waals surface area contributed by atoms with Gasteiger partial charge in [0.2, 0.25) is 0 Å². The quantitative estimate of drug-likeness (QED) is 0.0886. The van der Waals surface area contributed by atoms with Crippen molar-refractivity contribution in [1.29, 1.82) is 0 Å². The molecule has 0 saturated heterocycles. The van der Waals surface area contributed by atoms with E-state index in [1.165, 1.54) is 55.8 Å². The molecule has 11 aromatic heterocycles. The zero-order valence-electron chi connectivity index (χ0n) is 81.9. The number of rotatable bonds is 11. The van der Waals surface area contributed by atoms with E-state index in [0.29, 0.717) is 5.69 Å². The summed E-state index contributed by atoms with van der Waals surface area (Å²) in [7, 11) is -0.424. The van der Waals surface area contributed by atoms with E-state index in [1.807, 2.05) is 293 Å². The molecule has 0 aliphatic heterocycles. The fourth-order valence-electron chi connectivity index (χ4n) is 12.7. The molecule has 0 aliphatic carbocycles. The van der Waals surface area contributed by atoms with E-state index in [9.17, 15) is 13.2 Å². The maximum Gasteiger partial charge on any atom is 2.00 e. The topological polar surface area (TPSA) is 170 Å². The number of aromatic nitrogens is 13. The number of alkyl halides is 3. The van der Waals surface area contributed by atoms with Crippen molar-refractivity contribution >= 4 is 26.5 Å². The maximum absolute atomic E-state index is 12.2. The fraction of sp³-hybridized carbons (Fsp3) is 0.118. The van der Waals surface area contributed by atoms with Crippen molar-refractivity contribution in [3.05, 3.63) is 512 Å². The Labute approximate surface area is 963 Å². The van der Waals surface area contributed by atoms with E-state index < -0.39 is 11.9 Å². The van der Waals surface area contributed by atoms with Crippen LogP contribution in [0.4, 0.5) is 13.2 Å². The molecule has 0 unspecified atom stereocenters. The van der Waals surface area contributed by atoms with Crippen LogP contribution < -0.4 is 20.8 Å². The number of pyridine rings is 9. The molecule has 20 rings (SSSR count). The number of hydrogen-bond donors (Lipinski definition) is 0. The Morgan fingerprint density at radius 3 is 1.02 bits per heavy atom. The Bertz CT molecular complexity index is 6540. The van der Waals surface area contributed by atoms with E-state index in [4.69, 9.17) is 0 Å². The minimum atomic E-state index is -4.46. The Hall–Kier alpha value is -10.4. The first-order chi connectivity index (χ1) is 66.5. The second-order valence-electron chi connectivity index (χ2n) is 31.3. The van der Waals surface area contributed by atoms with E-state index in [0.717, 1.165) is 108 Å². The van der Waals surface area contributed by atoms with Crippen molar-refractivity contribution in [3.63, 3.8) is 0 Å². The molecule has 0 bridgehead atoms. The van der Waals surface area contributed by atoms with Crippen LogP contribution >= 0.6 is 15.8 Å². The molecule has 0 spiro atoms. The van der Waals surface area contributed by atoms with Crippen molar-refractivity contribution in [1.82, 2.24) is 65.3 Å². The van der Waals surface area contributed by atoms with Gasteiger partial charge >= 0.3 is 26.0 Å². The van der Waals surface area contributed by atoms with Crippen LogP contribution in [-0.2, 0) is 167 Å². The Balaban J connectivity index is 0.000000537. The van der Waals surface area contributed by atoms with Gasteiger partial charge in [-0.05, 0) is 192 Å². The second kappa shape index (κ2) is 72.8. The fourth-order valence-corrected chi connectivity index (χ4v) is 14.5. The molecule has 13 nitrogen and oxygen atoms in total. The van der Waals surface area contributed by atoms with Gasteiger partial charge < -0.3 is 55.3 Å². The molecule has 11 heterocycles. The summed E-state index contributed by atoms with van der Waals surface area (Å²) in [4.78, 5) is 38.3. The summed E-state index contributed by atoms with van der Waals surface area (Å²) in [6.45, 7) is 27.7.